The lowest BCUT2D eigenvalue weighted by Crippen LogP contribution is -2.44. The Labute approximate surface area is 134 Å². The molecule has 1 amide bonds. The molecule has 122 valence electrons. The van der Waals surface area contributed by atoms with Gasteiger partial charge in [-0.2, -0.15) is 0 Å². The fraction of sp³-hybridized carbons (Fsp3) is 0.611. The Hall–Kier alpha value is -1.39. The van der Waals surface area contributed by atoms with Crippen LogP contribution in [0, 0.1) is 13.8 Å². The number of aryl methyl sites for hydroxylation is 2. The molecule has 0 bridgehead atoms. The molecule has 0 radical (unpaired) electrons. The summed E-state index contributed by atoms with van der Waals surface area (Å²) >= 11 is 0. The zero-order valence-electron chi connectivity index (χ0n) is 14.2. The average molecular weight is 303 g/mol. The maximum Gasteiger partial charge on any atom is 0.251 e. The summed E-state index contributed by atoms with van der Waals surface area (Å²) < 4.78 is 0. The molecular formula is C18H29N3O. The quantitative estimate of drug-likeness (QED) is 0.817. The van der Waals surface area contributed by atoms with E-state index in [9.17, 15) is 4.79 Å². The Morgan fingerprint density at radius 2 is 1.68 bits per heavy atom. The second-order valence-electron chi connectivity index (χ2n) is 6.48. The minimum absolute atomic E-state index is 0.0476. The lowest BCUT2D eigenvalue weighted by molar-refractivity contribution is 0.0951. The molecule has 4 heteroatoms. The number of carbonyl (C=O) groups excluding carboxylic acids is 1. The molecule has 1 N–H and O–H groups in total. The molecule has 0 atom stereocenters. The van der Waals surface area contributed by atoms with Crippen molar-refractivity contribution in [3.05, 3.63) is 34.9 Å². The van der Waals surface area contributed by atoms with E-state index in [0.29, 0.717) is 0 Å². The van der Waals surface area contributed by atoms with Crippen LogP contribution in [0.4, 0.5) is 0 Å². The minimum Gasteiger partial charge on any atom is -0.352 e. The number of nitrogens with zero attached hydrogens (tertiary/aromatic N) is 2. The van der Waals surface area contributed by atoms with Crippen LogP contribution in [0.25, 0.3) is 0 Å². The third-order valence-corrected chi connectivity index (χ3v) is 4.27. The Bertz CT molecular complexity index is 473. The first-order valence-corrected chi connectivity index (χ1v) is 8.32. The van der Waals surface area contributed by atoms with E-state index in [2.05, 4.69) is 28.2 Å². The molecule has 1 aromatic carbocycles. The molecule has 0 aromatic heterocycles. The Balaban J connectivity index is 1.63. The van der Waals surface area contributed by atoms with E-state index in [1.807, 2.05) is 26.0 Å². The summed E-state index contributed by atoms with van der Waals surface area (Å²) in [4.78, 5) is 17.0. The predicted molar refractivity (Wildman–Crippen MR) is 91.4 cm³/mol. The van der Waals surface area contributed by atoms with Crippen molar-refractivity contribution in [2.75, 3.05) is 46.3 Å². The van der Waals surface area contributed by atoms with Crippen molar-refractivity contribution in [1.82, 2.24) is 15.1 Å². The van der Waals surface area contributed by atoms with Gasteiger partial charge in [-0.05, 0) is 52.4 Å². The van der Waals surface area contributed by atoms with E-state index in [1.165, 1.54) is 26.2 Å². The van der Waals surface area contributed by atoms with Crippen LogP contribution in [0.1, 0.15) is 34.3 Å². The summed E-state index contributed by atoms with van der Waals surface area (Å²) in [5, 5.41) is 3.03. The van der Waals surface area contributed by atoms with Gasteiger partial charge in [0.25, 0.3) is 5.91 Å². The number of hydrogen-bond acceptors (Lipinski definition) is 3. The molecule has 0 spiro atoms. The van der Waals surface area contributed by atoms with Crippen molar-refractivity contribution in [2.24, 2.45) is 0 Å². The summed E-state index contributed by atoms with van der Waals surface area (Å²) in [6, 6.07) is 5.99. The van der Waals surface area contributed by atoms with Gasteiger partial charge < -0.3 is 15.1 Å². The first-order chi connectivity index (χ1) is 10.5. The second-order valence-corrected chi connectivity index (χ2v) is 6.48. The number of piperazine rings is 1. The van der Waals surface area contributed by atoms with Gasteiger partial charge in [0.1, 0.15) is 0 Å². The number of rotatable bonds is 6. The molecule has 2 rings (SSSR count). The molecule has 0 unspecified atom stereocenters. The number of carbonyl (C=O) groups is 1. The van der Waals surface area contributed by atoms with Crippen LogP contribution in [-0.2, 0) is 0 Å². The van der Waals surface area contributed by atoms with Crippen LogP contribution in [0.3, 0.4) is 0 Å². The fourth-order valence-corrected chi connectivity index (χ4v) is 2.94. The van der Waals surface area contributed by atoms with E-state index in [0.717, 1.165) is 42.6 Å². The molecule has 0 aliphatic carbocycles. The third-order valence-electron chi connectivity index (χ3n) is 4.27. The van der Waals surface area contributed by atoms with E-state index in [-0.39, 0.29) is 5.91 Å². The zero-order chi connectivity index (χ0) is 15.9. The minimum atomic E-state index is 0.0476. The van der Waals surface area contributed by atoms with Gasteiger partial charge in [0.15, 0.2) is 0 Å². The first kappa shape index (κ1) is 17.0. The molecule has 0 saturated carbocycles. The van der Waals surface area contributed by atoms with Gasteiger partial charge in [0.05, 0.1) is 0 Å². The van der Waals surface area contributed by atoms with Gasteiger partial charge in [-0.1, -0.05) is 17.2 Å². The topological polar surface area (TPSA) is 35.6 Å². The predicted octanol–water partition coefficient (Wildman–Crippen LogP) is 2.06. The van der Waals surface area contributed by atoms with Crippen LogP contribution in [0.5, 0.6) is 0 Å². The Kier molecular flexibility index (Phi) is 6.40. The van der Waals surface area contributed by atoms with Crippen molar-refractivity contribution >= 4 is 5.91 Å². The van der Waals surface area contributed by atoms with Crippen molar-refractivity contribution in [2.45, 2.75) is 26.7 Å². The molecular weight excluding hydrogens is 274 g/mol. The van der Waals surface area contributed by atoms with Crippen molar-refractivity contribution in [3.63, 3.8) is 0 Å². The average Bonchev–Trinajstić information content (AvgIpc) is 2.47. The summed E-state index contributed by atoms with van der Waals surface area (Å²) in [6.07, 6.45) is 2.19. The number of benzene rings is 1. The molecule has 1 aromatic rings. The number of hydrogen-bond donors (Lipinski definition) is 1. The van der Waals surface area contributed by atoms with Crippen molar-refractivity contribution in [3.8, 4) is 0 Å². The SMILES string of the molecule is Cc1cc(C)cc(C(=O)NCCCCN2CCN(C)CC2)c1. The highest BCUT2D eigenvalue weighted by Crippen LogP contribution is 2.08. The van der Waals surface area contributed by atoms with E-state index in [4.69, 9.17) is 0 Å². The smallest absolute Gasteiger partial charge is 0.251 e. The van der Waals surface area contributed by atoms with Crippen molar-refractivity contribution in [1.29, 1.82) is 0 Å². The van der Waals surface area contributed by atoms with E-state index >= 15 is 0 Å². The number of unbranched alkanes of at least 4 members (excludes halogenated alkanes) is 1. The molecule has 1 fully saturated rings. The van der Waals surface area contributed by atoms with Crippen LogP contribution in [0.15, 0.2) is 18.2 Å². The number of nitrogens with one attached hydrogen (secondary N) is 1. The largest absolute Gasteiger partial charge is 0.352 e. The standard InChI is InChI=1S/C18H29N3O/c1-15-12-16(2)14-17(13-15)18(22)19-6-4-5-7-21-10-8-20(3)9-11-21/h12-14H,4-11H2,1-3H3,(H,19,22). The van der Waals surface area contributed by atoms with Crippen LogP contribution in [0.2, 0.25) is 0 Å². The zero-order valence-corrected chi connectivity index (χ0v) is 14.2. The lowest BCUT2D eigenvalue weighted by Gasteiger charge is -2.32. The number of likely N-dealkylation sites (N-methyl/N-ethyl adjacent to an activating group) is 1. The van der Waals surface area contributed by atoms with Crippen molar-refractivity contribution < 1.29 is 4.79 Å². The first-order valence-electron chi connectivity index (χ1n) is 8.32. The molecule has 1 aliphatic rings. The van der Waals surface area contributed by atoms with Gasteiger partial charge in [0, 0.05) is 38.3 Å². The molecule has 4 nitrogen and oxygen atoms in total. The monoisotopic (exact) mass is 303 g/mol. The maximum atomic E-state index is 12.1. The van der Waals surface area contributed by atoms with Gasteiger partial charge in [-0.3, -0.25) is 4.79 Å². The second kappa shape index (κ2) is 8.30. The van der Waals surface area contributed by atoms with Gasteiger partial charge in [-0.15, -0.1) is 0 Å². The highest BCUT2D eigenvalue weighted by molar-refractivity contribution is 5.94. The van der Waals surface area contributed by atoms with Gasteiger partial charge >= 0.3 is 0 Å². The summed E-state index contributed by atoms with van der Waals surface area (Å²) in [7, 11) is 2.18. The Morgan fingerprint density at radius 3 is 2.32 bits per heavy atom. The summed E-state index contributed by atoms with van der Waals surface area (Å²) in [6.45, 7) is 10.6. The highest BCUT2D eigenvalue weighted by Gasteiger charge is 2.12. The fourth-order valence-electron chi connectivity index (χ4n) is 2.94. The summed E-state index contributed by atoms with van der Waals surface area (Å²) in [5.41, 5.74) is 3.05. The summed E-state index contributed by atoms with van der Waals surface area (Å²) in [5.74, 6) is 0.0476. The number of amides is 1. The highest BCUT2D eigenvalue weighted by atomic mass is 16.1. The van der Waals surface area contributed by atoms with Crippen LogP contribution in [-0.4, -0.2) is 62.0 Å². The molecule has 1 aliphatic heterocycles. The van der Waals surface area contributed by atoms with Gasteiger partial charge in [-0.25, -0.2) is 0 Å². The van der Waals surface area contributed by atoms with Gasteiger partial charge in [0.2, 0.25) is 0 Å². The van der Waals surface area contributed by atoms with Crippen LogP contribution >= 0.6 is 0 Å². The lowest BCUT2D eigenvalue weighted by atomic mass is 10.1. The van der Waals surface area contributed by atoms with Crippen LogP contribution < -0.4 is 5.32 Å². The maximum absolute atomic E-state index is 12.1. The van der Waals surface area contributed by atoms with E-state index in [1.54, 1.807) is 0 Å². The molecule has 22 heavy (non-hydrogen) atoms. The molecule has 1 saturated heterocycles. The van der Waals surface area contributed by atoms with E-state index < -0.39 is 0 Å². The Morgan fingerprint density at radius 1 is 1.05 bits per heavy atom. The third kappa shape index (κ3) is 5.43. The molecule has 1 heterocycles. The normalized spacial score (nSPS) is 16.7.